The van der Waals surface area contributed by atoms with E-state index >= 15 is 0 Å². The summed E-state index contributed by atoms with van der Waals surface area (Å²) in [5.74, 6) is 0. The summed E-state index contributed by atoms with van der Waals surface area (Å²) in [6.07, 6.45) is 0. The molecule has 1 nitrogen and oxygen atoms in total. The molecule has 0 bridgehead atoms. The Bertz CT molecular complexity index is 585. The summed E-state index contributed by atoms with van der Waals surface area (Å²) in [5, 5.41) is 0. The molecule has 0 atom stereocenters. The van der Waals surface area contributed by atoms with Crippen molar-refractivity contribution in [2.45, 2.75) is 52.5 Å². The maximum absolute atomic E-state index is 2.44. The third kappa shape index (κ3) is 3.47. The van der Waals surface area contributed by atoms with Crippen LogP contribution >= 0.6 is 0 Å². The van der Waals surface area contributed by atoms with Crippen LogP contribution in [0.3, 0.4) is 0 Å². The van der Waals surface area contributed by atoms with Gasteiger partial charge in [0.1, 0.15) is 0 Å². The predicted octanol–water partition coefficient (Wildman–Crippen LogP) is 5.92. The van der Waals surface area contributed by atoms with Crippen molar-refractivity contribution >= 4 is 11.4 Å². The Morgan fingerprint density at radius 2 is 1.19 bits per heavy atom. The predicted molar refractivity (Wildman–Crippen MR) is 93.5 cm³/mol. The van der Waals surface area contributed by atoms with Gasteiger partial charge in [-0.15, -0.1) is 0 Å². The van der Waals surface area contributed by atoms with Crippen LogP contribution in [0.4, 0.5) is 11.4 Å². The van der Waals surface area contributed by atoms with E-state index in [1.165, 1.54) is 16.9 Å². The van der Waals surface area contributed by atoms with Crippen molar-refractivity contribution in [1.82, 2.24) is 0 Å². The van der Waals surface area contributed by atoms with Crippen LogP contribution in [0.1, 0.15) is 47.1 Å². The van der Waals surface area contributed by atoms with Crippen LogP contribution in [0.2, 0.25) is 0 Å². The smallest absolute Gasteiger partial charge is 0.0453 e. The topological polar surface area (TPSA) is 3.24 Å². The lowest BCUT2D eigenvalue weighted by molar-refractivity contribution is 0.543. The molecule has 0 saturated heterocycles. The van der Waals surface area contributed by atoms with Gasteiger partial charge in [0.05, 0.1) is 0 Å². The molecule has 2 aromatic rings. The Morgan fingerprint density at radius 1 is 0.667 bits per heavy atom. The Hall–Kier alpha value is -1.76. The van der Waals surface area contributed by atoms with Gasteiger partial charge in [-0.1, -0.05) is 57.2 Å². The molecule has 0 aromatic heterocycles. The Morgan fingerprint density at radius 3 is 1.71 bits per heavy atom. The average Bonchev–Trinajstić information content (AvgIpc) is 2.38. The summed E-state index contributed by atoms with van der Waals surface area (Å²) in [6.45, 7) is 13.6. The van der Waals surface area contributed by atoms with Crippen molar-refractivity contribution < 1.29 is 0 Å². The summed E-state index contributed by atoms with van der Waals surface area (Å²) < 4.78 is 0. The molecular weight excluding hydrogens is 254 g/mol. The van der Waals surface area contributed by atoms with E-state index in [0.29, 0.717) is 0 Å². The summed E-state index contributed by atoms with van der Waals surface area (Å²) >= 11 is 0. The molecule has 0 unspecified atom stereocenters. The monoisotopic (exact) mass is 281 g/mol. The molecular formula is C20H27N. The molecule has 0 amide bonds. The van der Waals surface area contributed by atoms with Gasteiger partial charge in [0.15, 0.2) is 0 Å². The third-order valence-electron chi connectivity index (χ3n) is 3.64. The zero-order valence-electron chi connectivity index (χ0n) is 14.1. The maximum atomic E-state index is 2.44. The van der Waals surface area contributed by atoms with Gasteiger partial charge >= 0.3 is 0 Å². The first-order valence-electron chi connectivity index (χ1n) is 7.66. The molecule has 0 aliphatic rings. The number of benzene rings is 2. The Kier molecular flexibility index (Phi) is 4.13. The van der Waals surface area contributed by atoms with Crippen LogP contribution in [0.15, 0.2) is 54.6 Å². The van der Waals surface area contributed by atoms with Crippen LogP contribution in [-0.4, -0.2) is 5.54 Å². The highest BCUT2D eigenvalue weighted by Gasteiger charge is 2.28. The van der Waals surface area contributed by atoms with E-state index in [1.54, 1.807) is 0 Å². The zero-order valence-corrected chi connectivity index (χ0v) is 14.1. The van der Waals surface area contributed by atoms with Gasteiger partial charge in [-0.2, -0.15) is 0 Å². The summed E-state index contributed by atoms with van der Waals surface area (Å²) in [5.41, 5.74) is 4.05. The van der Waals surface area contributed by atoms with Crippen molar-refractivity contribution in [3.8, 4) is 0 Å². The lowest BCUT2D eigenvalue weighted by Gasteiger charge is -2.40. The van der Waals surface area contributed by atoms with Crippen LogP contribution in [0.25, 0.3) is 0 Å². The largest absolute Gasteiger partial charge is 0.336 e. The van der Waals surface area contributed by atoms with E-state index in [2.05, 4.69) is 101 Å². The summed E-state index contributed by atoms with van der Waals surface area (Å²) in [4.78, 5) is 2.44. The minimum atomic E-state index is 0.0166. The van der Waals surface area contributed by atoms with Gasteiger partial charge < -0.3 is 4.90 Å². The fourth-order valence-electron chi connectivity index (χ4n) is 2.77. The Labute approximate surface area is 129 Å². The van der Waals surface area contributed by atoms with Crippen molar-refractivity contribution in [3.05, 3.63) is 60.2 Å². The summed E-state index contributed by atoms with van der Waals surface area (Å²) in [6, 6.07) is 19.4. The van der Waals surface area contributed by atoms with E-state index in [9.17, 15) is 0 Å². The van der Waals surface area contributed by atoms with Crippen molar-refractivity contribution in [3.63, 3.8) is 0 Å². The maximum Gasteiger partial charge on any atom is 0.0453 e. The minimum Gasteiger partial charge on any atom is -0.336 e. The van der Waals surface area contributed by atoms with Crippen LogP contribution in [0.5, 0.6) is 0 Å². The van der Waals surface area contributed by atoms with E-state index in [4.69, 9.17) is 0 Å². The number of anilines is 2. The standard InChI is InChI=1S/C20H27N/c1-19(2,3)17-14-10-11-15-18(17)21(20(4,5)6)16-12-8-7-9-13-16/h7-15H,1-6H3. The number of hydrogen-bond donors (Lipinski definition) is 0. The molecule has 0 saturated carbocycles. The van der Waals surface area contributed by atoms with Crippen LogP contribution < -0.4 is 4.90 Å². The highest BCUT2D eigenvalue weighted by Crippen LogP contribution is 2.39. The second kappa shape index (κ2) is 5.55. The van der Waals surface area contributed by atoms with E-state index in [-0.39, 0.29) is 11.0 Å². The van der Waals surface area contributed by atoms with Gasteiger partial charge in [-0.05, 0) is 49.9 Å². The molecule has 0 heterocycles. The van der Waals surface area contributed by atoms with Crippen LogP contribution in [-0.2, 0) is 5.41 Å². The van der Waals surface area contributed by atoms with Gasteiger partial charge in [0, 0.05) is 16.9 Å². The van der Waals surface area contributed by atoms with E-state index in [0.717, 1.165) is 0 Å². The number of rotatable bonds is 2. The van der Waals surface area contributed by atoms with Gasteiger partial charge in [0.25, 0.3) is 0 Å². The zero-order chi connectivity index (χ0) is 15.7. The fourth-order valence-corrected chi connectivity index (χ4v) is 2.77. The van der Waals surface area contributed by atoms with E-state index in [1.807, 2.05) is 0 Å². The first-order chi connectivity index (χ1) is 9.71. The fraction of sp³-hybridized carbons (Fsp3) is 0.400. The number of hydrogen-bond acceptors (Lipinski definition) is 1. The first-order valence-corrected chi connectivity index (χ1v) is 7.66. The lowest BCUT2D eigenvalue weighted by Crippen LogP contribution is -2.39. The molecule has 0 fully saturated rings. The molecule has 112 valence electrons. The molecule has 1 heteroatoms. The molecule has 0 radical (unpaired) electrons. The second-order valence-corrected chi connectivity index (χ2v) is 7.61. The van der Waals surface area contributed by atoms with Gasteiger partial charge in [0.2, 0.25) is 0 Å². The van der Waals surface area contributed by atoms with Crippen LogP contribution in [0, 0.1) is 0 Å². The van der Waals surface area contributed by atoms with Gasteiger partial charge in [-0.25, -0.2) is 0 Å². The molecule has 0 aliphatic carbocycles. The first kappa shape index (κ1) is 15.6. The Balaban J connectivity index is 2.65. The second-order valence-electron chi connectivity index (χ2n) is 7.61. The molecule has 21 heavy (non-hydrogen) atoms. The van der Waals surface area contributed by atoms with E-state index < -0.39 is 0 Å². The quantitative estimate of drug-likeness (QED) is 0.660. The SMILES string of the molecule is CC(C)(C)c1ccccc1N(c1ccccc1)C(C)(C)C. The van der Waals surface area contributed by atoms with Gasteiger partial charge in [-0.3, -0.25) is 0 Å². The normalized spacial score (nSPS) is 12.3. The van der Waals surface area contributed by atoms with Crippen molar-refractivity contribution in [2.75, 3.05) is 4.90 Å². The molecule has 0 spiro atoms. The molecule has 0 N–H and O–H groups in total. The molecule has 0 aliphatic heterocycles. The highest BCUT2D eigenvalue weighted by atomic mass is 15.2. The van der Waals surface area contributed by atoms with Crippen molar-refractivity contribution in [1.29, 1.82) is 0 Å². The average molecular weight is 281 g/mol. The molecule has 2 aromatic carbocycles. The number of para-hydroxylation sites is 2. The number of nitrogens with zero attached hydrogens (tertiary/aromatic N) is 1. The highest BCUT2D eigenvalue weighted by molar-refractivity contribution is 5.69. The minimum absolute atomic E-state index is 0.0166. The molecule has 2 rings (SSSR count). The summed E-state index contributed by atoms with van der Waals surface area (Å²) in [7, 11) is 0. The van der Waals surface area contributed by atoms with Crippen molar-refractivity contribution in [2.24, 2.45) is 0 Å². The third-order valence-corrected chi connectivity index (χ3v) is 3.64. The lowest BCUT2D eigenvalue weighted by atomic mass is 9.84.